The Bertz CT molecular complexity index is 776. The molecule has 0 aromatic heterocycles. The third-order valence-electron chi connectivity index (χ3n) is 5.00. The molecule has 0 unspecified atom stereocenters. The molecule has 0 bridgehead atoms. The molecule has 6 nitrogen and oxygen atoms in total. The molecule has 30 heavy (non-hydrogen) atoms. The fraction of sp³-hybridized carbons (Fsp3) is 0.417. The molecule has 1 amide bonds. The lowest BCUT2D eigenvalue weighted by molar-refractivity contribution is -0.142. The summed E-state index contributed by atoms with van der Waals surface area (Å²) >= 11 is 0. The van der Waals surface area contributed by atoms with Crippen LogP contribution in [0.5, 0.6) is 5.75 Å². The Hall–Kier alpha value is -2.86. The zero-order valence-corrected chi connectivity index (χ0v) is 17.8. The van der Waals surface area contributed by atoms with Gasteiger partial charge in [-0.15, -0.1) is 0 Å². The maximum Gasteiger partial charge on any atom is 0.303 e. The number of benzene rings is 2. The van der Waals surface area contributed by atoms with Gasteiger partial charge >= 0.3 is 5.97 Å². The van der Waals surface area contributed by atoms with Gasteiger partial charge in [-0.1, -0.05) is 42.5 Å². The van der Waals surface area contributed by atoms with Crippen molar-refractivity contribution in [3.63, 3.8) is 0 Å². The first-order chi connectivity index (χ1) is 14.5. The molecule has 0 saturated heterocycles. The second-order valence-electron chi connectivity index (χ2n) is 7.15. The summed E-state index contributed by atoms with van der Waals surface area (Å²) in [5.41, 5.74) is 2.00. The van der Waals surface area contributed by atoms with E-state index in [1.807, 2.05) is 30.3 Å². The molecule has 2 rings (SSSR count). The number of rotatable bonds is 13. The predicted octanol–water partition coefficient (Wildman–Crippen LogP) is 4.10. The summed E-state index contributed by atoms with van der Waals surface area (Å²) in [6.45, 7) is 1.10. The van der Waals surface area contributed by atoms with E-state index in [1.54, 1.807) is 24.1 Å². The summed E-state index contributed by atoms with van der Waals surface area (Å²) < 4.78 is 10.7. The van der Waals surface area contributed by atoms with E-state index in [0.717, 1.165) is 24.2 Å². The largest absolute Gasteiger partial charge is 0.497 e. The number of hydrogen-bond acceptors (Lipinski definition) is 4. The minimum Gasteiger partial charge on any atom is -0.497 e. The number of amides is 1. The minimum absolute atomic E-state index is 0.106. The molecule has 0 radical (unpaired) electrons. The van der Waals surface area contributed by atoms with Gasteiger partial charge in [-0.05, 0) is 48.9 Å². The molecule has 0 fully saturated rings. The third kappa shape index (κ3) is 7.52. The van der Waals surface area contributed by atoms with Gasteiger partial charge in [0.1, 0.15) is 5.75 Å². The molecular formula is C24H31NO5. The van der Waals surface area contributed by atoms with Crippen LogP contribution in [-0.2, 0) is 20.7 Å². The number of aliphatic carboxylic acids is 1. The summed E-state index contributed by atoms with van der Waals surface area (Å²) in [6, 6.07) is 17.4. The smallest absolute Gasteiger partial charge is 0.303 e. The van der Waals surface area contributed by atoms with Crippen LogP contribution in [-0.4, -0.2) is 49.2 Å². The number of methoxy groups -OCH3 is 2. The van der Waals surface area contributed by atoms with Crippen LogP contribution in [0.4, 0.5) is 0 Å². The Labute approximate surface area is 178 Å². The van der Waals surface area contributed by atoms with Crippen molar-refractivity contribution in [3.05, 3.63) is 65.7 Å². The summed E-state index contributed by atoms with van der Waals surface area (Å²) in [6.07, 6.45) is 2.29. The van der Waals surface area contributed by atoms with Crippen molar-refractivity contribution in [2.75, 3.05) is 27.3 Å². The average molecular weight is 414 g/mol. The van der Waals surface area contributed by atoms with Gasteiger partial charge in [0.15, 0.2) is 6.10 Å². The number of hydrogen-bond donors (Lipinski definition) is 1. The Morgan fingerprint density at radius 2 is 1.60 bits per heavy atom. The molecule has 162 valence electrons. The number of unbranched alkanes of at least 4 members (excludes halogenated alkanes) is 1. The van der Waals surface area contributed by atoms with Crippen molar-refractivity contribution in [2.24, 2.45) is 0 Å². The maximum atomic E-state index is 13.3. The second-order valence-corrected chi connectivity index (χ2v) is 7.15. The van der Waals surface area contributed by atoms with Gasteiger partial charge in [-0.25, -0.2) is 0 Å². The van der Waals surface area contributed by atoms with Gasteiger partial charge in [0, 0.05) is 26.6 Å². The van der Waals surface area contributed by atoms with Crippen LogP contribution in [0.25, 0.3) is 0 Å². The lowest BCUT2D eigenvalue weighted by atomic mass is 10.1. The van der Waals surface area contributed by atoms with E-state index in [9.17, 15) is 9.59 Å². The highest BCUT2D eigenvalue weighted by molar-refractivity contribution is 5.82. The fourth-order valence-electron chi connectivity index (χ4n) is 3.35. The van der Waals surface area contributed by atoms with Gasteiger partial charge < -0.3 is 19.5 Å². The van der Waals surface area contributed by atoms with Crippen LogP contribution in [0.2, 0.25) is 0 Å². The van der Waals surface area contributed by atoms with Gasteiger partial charge in [0.05, 0.1) is 7.11 Å². The molecule has 0 spiro atoms. The number of carboxylic acid groups (broad SMARTS) is 1. The highest BCUT2D eigenvalue weighted by Crippen LogP contribution is 2.23. The predicted molar refractivity (Wildman–Crippen MR) is 116 cm³/mol. The highest BCUT2D eigenvalue weighted by Gasteiger charge is 2.25. The van der Waals surface area contributed by atoms with E-state index in [-0.39, 0.29) is 12.3 Å². The molecule has 2 aromatic rings. The van der Waals surface area contributed by atoms with E-state index >= 15 is 0 Å². The molecule has 0 aliphatic carbocycles. The number of ether oxygens (including phenoxy) is 2. The maximum absolute atomic E-state index is 13.3. The molecule has 0 saturated carbocycles. The van der Waals surface area contributed by atoms with Crippen molar-refractivity contribution in [1.82, 2.24) is 4.90 Å². The van der Waals surface area contributed by atoms with Gasteiger partial charge in [0.25, 0.3) is 5.91 Å². The molecule has 0 aliphatic rings. The first-order valence-corrected chi connectivity index (χ1v) is 10.3. The molecule has 1 atom stereocenters. The normalized spacial score (nSPS) is 11.7. The van der Waals surface area contributed by atoms with Crippen molar-refractivity contribution in [3.8, 4) is 5.75 Å². The Morgan fingerprint density at radius 1 is 0.933 bits per heavy atom. The lowest BCUT2D eigenvalue weighted by Crippen LogP contribution is -2.37. The number of carbonyl (C=O) groups is 2. The van der Waals surface area contributed by atoms with E-state index in [0.29, 0.717) is 25.9 Å². The minimum atomic E-state index is -0.815. The topological polar surface area (TPSA) is 76.1 Å². The van der Waals surface area contributed by atoms with Crippen LogP contribution >= 0.6 is 0 Å². The zero-order valence-electron chi connectivity index (χ0n) is 17.8. The summed E-state index contributed by atoms with van der Waals surface area (Å²) in [5, 5.41) is 8.86. The number of aryl methyl sites for hydroxylation is 1. The van der Waals surface area contributed by atoms with Gasteiger partial charge in [0.2, 0.25) is 0 Å². The highest BCUT2D eigenvalue weighted by atomic mass is 16.5. The van der Waals surface area contributed by atoms with Crippen molar-refractivity contribution in [2.45, 2.75) is 38.2 Å². The van der Waals surface area contributed by atoms with E-state index in [2.05, 4.69) is 12.1 Å². The number of carboxylic acids is 1. The molecular weight excluding hydrogens is 382 g/mol. The third-order valence-corrected chi connectivity index (χ3v) is 5.00. The van der Waals surface area contributed by atoms with Crippen LogP contribution in [0, 0.1) is 0 Å². The van der Waals surface area contributed by atoms with Crippen LogP contribution < -0.4 is 4.74 Å². The Kier molecular flexibility index (Phi) is 9.87. The van der Waals surface area contributed by atoms with E-state index < -0.39 is 12.1 Å². The van der Waals surface area contributed by atoms with Crippen molar-refractivity contribution >= 4 is 11.9 Å². The first kappa shape index (κ1) is 23.4. The fourth-order valence-corrected chi connectivity index (χ4v) is 3.35. The van der Waals surface area contributed by atoms with E-state index in [1.165, 1.54) is 12.7 Å². The monoisotopic (exact) mass is 413 g/mol. The van der Waals surface area contributed by atoms with Crippen molar-refractivity contribution < 1.29 is 24.2 Å². The second kappa shape index (κ2) is 12.6. The Balaban J connectivity index is 2.04. The van der Waals surface area contributed by atoms with Gasteiger partial charge in [-0.2, -0.15) is 0 Å². The van der Waals surface area contributed by atoms with Gasteiger partial charge in [-0.3, -0.25) is 9.59 Å². The molecule has 0 heterocycles. The standard InChI is InChI=1S/C24H31NO5/c1-29-21-15-13-20(14-16-21)23(30-2)24(28)25(17-7-6-12-22(26)27)18-8-11-19-9-4-3-5-10-19/h3-5,9-10,13-16,23H,6-8,11-12,17-18H2,1-2H3,(H,26,27)/t23-/m1/s1. The summed E-state index contributed by atoms with van der Waals surface area (Å²) in [5.74, 6) is -0.203. The molecule has 0 aliphatic heterocycles. The zero-order chi connectivity index (χ0) is 21.8. The van der Waals surface area contributed by atoms with Crippen LogP contribution in [0.1, 0.15) is 42.9 Å². The molecule has 1 N–H and O–H groups in total. The summed E-state index contributed by atoms with van der Waals surface area (Å²) in [4.78, 5) is 25.8. The first-order valence-electron chi connectivity index (χ1n) is 10.3. The average Bonchev–Trinajstić information content (AvgIpc) is 2.76. The van der Waals surface area contributed by atoms with E-state index in [4.69, 9.17) is 14.6 Å². The van der Waals surface area contributed by atoms with Crippen LogP contribution in [0.3, 0.4) is 0 Å². The van der Waals surface area contributed by atoms with Crippen LogP contribution in [0.15, 0.2) is 54.6 Å². The number of nitrogens with zero attached hydrogens (tertiary/aromatic N) is 1. The summed E-state index contributed by atoms with van der Waals surface area (Å²) in [7, 11) is 3.12. The molecule has 6 heteroatoms. The molecule has 2 aromatic carbocycles. The lowest BCUT2D eigenvalue weighted by Gasteiger charge is -2.27. The van der Waals surface area contributed by atoms with Crippen molar-refractivity contribution in [1.29, 1.82) is 0 Å². The quantitative estimate of drug-likeness (QED) is 0.501. The number of carbonyl (C=O) groups excluding carboxylic acids is 1. The SMILES string of the molecule is COc1ccc([C@@H](OC)C(=O)N(CCCCC(=O)O)CCCc2ccccc2)cc1. The Morgan fingerprint density at radius 3 is 2.20 bits per heavy atom.